The van der Waals surface area contributed by atoms with Gasteiger partial charge >= 0.3 is 0 Å². The summed E-state index contributed by atoms with van der Waals surface area (Å²) in [4.78, 5) is 25.4. The standard InChI is InChI=1S/C33H41ClN4O/c1-4-23-16-28(38-22(2)36-29-14-7-8-15-31(29)38)18-30(23)35-20-26-19-33(26,25-12-9-13-27(34)17-25)21-37(3)32(39)24-10-5-6-11-24/h7-9,12-15,17,23-24,26,28H,4-6,10-11,16,18-21H2,1-3H3. The van der Waals surface area contributed by atoms with Crippen molar-refractivity contribution in [1.82, 2.24) is 14.5 Å². The first-order chi connectivity index (χ1) is 18.9. The molecule has 4 unspecified atom stereocenters. The van der Waals surface area contributed by atoms with Gasteiger partial charge in [0.15, 0.2) is 0 Å². The fourth-order valence-electron chi connectivity index (χ4n) is 7.64. The molecule has 6 heteroatoms. The number of nitrogens with zero attached hydrogens (tertiary/aromatic N) is 4. The lowest BCUT2D eigenvalue weighted by molar-refractivity contribution is -0.134. The van der Waals surface area contributed by atoms with Crippen molar-refractivity contribution in [1.29, 1.82) is 0 Å². The van der Waals surface area contributed by atoms with Crippen LogP contribution in [0.2, 0.25) is 5.02 Å². The van der Waals surface area contributed by atoms with E-state index in [-0.39, 0.29) is 11.3 Å². The summed E-state index contributed by atoms with van der Waals surface area (Å²) >= 11 is 6.45. The van der Waals surface area contributed by atoms with Gasteiger partial charge in [0.2, 0.25) is 5.91 Å². The van der Waals surface area contributed by atoms with E-state index in [0.29, 0.717) is 23.8 Å². The summed E-state index contributed by atoms with van der Waals surface area (Å²) in [6.45, 7) is 5.99. The molecule has 0 bridgehead atoms. The average Bonchev–Trinajstić information content (AvgIpc) is 3.32. The number of aryl methyl sites for hydroxylation is 1. The fourth-order valence-corrected chi connectivity index (χ4v) is 7.83. The molecule has 39 heavy (non-hydrogen) atoms. The molecule has 3 fully saturated rings. The predicted octanol–water partition coefficient (Wildman–Crippen LogP) is 7.41. The number of benzene rings is 2. The Morgan fingerprint density at radius 2 is 1.97 bits per heavy atom. The highest BCUT2D eigenvalue weighted by Crippen LogP contribution is 2.55. The van der Waals surface area contributed by atoms with Crippen LogP contribution in [0.5, 0.6) is 0 Å². The van der Waals surface area contributed by atoms with E-state index in [1.54, 1.807) is 0 Å². The first kappa shape index (κ1) is 26.6. The second-order valence-electron chi connectivity index (χ2n) is 12.3. The molecule has 1 aromatic heterocycles. The van der Waals surface area contributed by atoms with E-state index in [9.17, 15) is 4.79 Å². The highest BCUT2D eigenvalue weighted by Gasteiger charge is 2.56. The Morgan fingerprint density at radius 1 is 1.18 bits per heavy atom. The maximum Gasteiger partial charge on any atom is 0.225 e. The number of likely N-dealkylation sites (N-methyl/N-ethyl adjacent to an activating group) is 1. The lowest BCUT2D eigenvalue weighted by Gasteiger charge is -2.28. The molecular formula is C33H41ClN4O. The Bertz CT molecular complexity index is 1390. The molecule has 0 aliphatic heterocycles. The van der Waals surface area contributed by atoms with Crippen molar-refractivity contribution in [3.8, 4) is 0 Å². The third-order valence-electron chi connectivity index (χ3n) is 9.85. The van der Waals surface area contributed by atoms with Gasteiger partial charge in [-0.1, -0.05) is 55.6 Å². The molecule has 4 atom stereocenters. The number of hydrogen-bond donors (Lipinski definition) is 0. The maximum atomic E-state index is 13.2. The molecule has 0 saturated heterocycles. The van der Waals surface area contributed by atoms with Crippen LogP contribution in [0.3, 0.4) is 0 Å². The fraction of sp³-hybridized carbons (Fsp3) is 0.545. The van der Waals surface area contributed by atoms with E-state index in [4.69, 9.17) is 21.6 Å². The molecule has 0 spiro atoms. The van der Waals surface area contributed by atoms with Crippen LogP contribution < -0.4 is 0 Å². The van der Waals surface area contributed by atoms with Crippen LogP contribution in [-0.4, -0.2) is 46.2 Å². The van der Waals surface area contributed by atoms with E-state index in [0.717, 1.165) is 68.0 Å². The first-order valence-electron chi connectivity index (χ1n) is 14.9. The quantitative estimate of drug-likeness (QED) is 0.296. The average molecular weight is 545 g/mol. The van der Waals surface area contributed by atoms with Crippen molar-refractivity contribution < 1.29 is 4.79 Å². The minimum atomic E-state index is -0.0607. The molecule has 206 valence electrons. The number of fused-ring (bicyclic) bond motifs is 1. The Hall–Kier alpha value is -2.66. The minimum absolute atomic E-state index is 0.0607. The van der Waals surface area contributed by atoms with E-state index in [1.807, 2.05) is 24.1 Å². The predicted molar refractivity (Wildman–Crippen MR) is 160 cm³/mol. The minimum Gasteiger partial charge on any atom is -0.345 e. The summed E-state index contributed by atoms with van der Waals surface area (Å²) in [5.74, 6) is 2.55. The van der Waals surface area contributed by atoms with Gasteiger partial charge in [-0.25, -0.2) is 4.98 Å². The first-order valence-corrected chi connectivity index (χ1v) is 15.2. The lowest BCUT2D eigenvalue weighted by Crippen LogP contribution is -2.38. The van der Waals surface area contributed by atoms with Crippen molar-refractivity contribution in [3.63, 3.8) is 0 Å². The van der Waals surface area contributed by atoms with Crippen LogP contribution in [0.4, 0.5) is 0 Å². The van der Waals surface area contributed by atoms with Gasteiger partial charge in [0.05, 0.1) is 11.0 Å². The number of imidazole rings is 1. The molecule has 5 nitrogen and oxygen atoms in total. The van der Waals surface area contributed by atoms with Gasteiger partial charge in [0.25, 0.3) is 0 Å². The molecule has 3 aromatic rings. The Labute approximate surface area is 237 Å². The van der Waals surface area contributed by atoms with Crippen LogP contribution in [0, 0.1) is 24.7 Å². The van der Waals surface area contributed by atoms with Crippen molar-refractivity contribution in [2.75, 3.05) is 20.1 Å². The Balaban J connectivity index is 1.21. The summed E-state index contributed by atoms with van der Waals surface area (Å²) in [7, 11) is 2.00. The molecule has 0 N–H and O–H groups in total. The topological polar surface area (TPSA) is 50.5 Å². The molecule has 1 heterocycles. The van der Waals surface area contributed by atoms with E-state index in [2.05, 4.69) is 54.8 Å². The van der Waals surface area contributed by atoms with Crippen molar-refractivity contribution in [2.24, 2.45) is 22.7 Å². The number of carbonyl (C=O) groups is 1. The van der Waals surface area contributed by atoms with E-state index >= 15 is 0 Å². The molecule has 1 amide bonds. The van der Waals surface area contributed by atoms with Gasteiger partial charge in [-0.3, -0.25) is 9.79 Å². The number of para-hydroxylation sites is 2. The number of aliphatic imine (C=N–C) groups is 1. The van der Waals surface area contributed by atoms with Crippen molar-refractivity contribution in [2.45, 2.75) is 76.7 Å². The second kappa shape index (κ2) is 10.7. The smallest absolute Gasteiger partial charge is 0.225 e. The third kappa shape index (κ3) is 5.03. The number of aromatic nitrogens is 2. The molecule has 3 aliphatic rings. The molecule has 3 saturated carbocycles. The van der Waals surface area contributed by atoms with E-state index in [1.165, 1.54) is 29.6 Å². The van der Waals surface area contributed by atoms with Gasteiger partial charge in [-0.15, -0.1) is 0 Å². The van der Waals surface area contributed by atoms with E-state index < -0.39 is 0 Å². The molecule has 3 aliphatic carbocycles. The number of amides is 1. The highest BCUT2D eigenvalue weighted by molar-refractivity contribution is 6.30. The number of carbonyl (C=O) groups excluding carboxylic acids is 1. The Kier molecular flexibility index (Phi) is 7.30. The summed E-state index contributed by atoms with van der Waals surface area (Å²) in [6, 6.07) is 17.2. The monoisotopic (exact) mass is 544 g/mol. The number of hydrogen-bond acceptors (Lipinski definition) is 3. The zero-order valence-electron chi connectivity index (χ0n) is 23.6. The highest BCUT2D eigenvalue weighted by atomic mass is 35.5. The summed E-state index contributed by atoms with van der Waals surface area (Å²) in [6.07, 6.45) is 8.72. The summed E-state index contributed by atoms with van der Waals surface area (Å²) in [5.41, 5.74) is 4.86. The normalized spacial score (nSPS) is 28.0. The van der Waals surface area contributed by atoms with Gasteiger partial charge in [0, 0.05) is 54.7 Å². The van der Waals surface area contributed by atoms with Crippen LogP contribution in [0.15, 0.2) is 53.5 Å². The van der Waals surface area contributed by atoms with Gasteiger partial charge < -0.3 is 9.47 Å². The molecule has 2 aromatic carbocycles. The van der Waals surface area contributed by atoms with Gasteiger partial charge in [-0.05, 0) is 80.7 Å². The zero-order valence-corrected chi connectivity index (χ0v) is 24.3. The molecule has 6 rings (SSSR count). The second-order valence-corrected chi connectivity index (χ2v) is 12.7. The largest absolute Gasteiger partial charge is 0.345 e. The van der Waals surface area contributed by atoms with Crippen molar-refractivity contribution in [3.05, 3.63) is 64.9 Å². The maximum absolute atomic E-state index is 13.2. The molecule has 0 radical (unpaired) electrons. The van der Waals surface area contributed by atoms with Crippen LogP contribution in [-0.2, 0) is 10.2 Å². The number of rotatable bonds is 8. The van der Waals surface area contributed by atoms with Crippen LogP contribution >= 0.6 is 11.6 Å². The number of halogens is 1. The van der Waals surface area contributed by atoms with Gasteiger partial charge in [-0.2, -0.15) is 0 Å². The van der Waals surface area contributed by atoms with Gasteiger partial charge in [0.1, 0.15) is 5.82 Å². The van der Waals surface area contributed by atoms with Crippen molar-refractivity contribution >= 4 is 34.3 Å². The summed E-state index contributed by atoms with van der Waals surface area (Å²) in [5, 5.41) is 0.765. The lowest BCUT2D eigenvalue weighted by atomic mass is 9.91. The summed E-state index contributed by atoms with van der Waals surface area (Å²) < 4.78 is 2.44. The SMILES string of the molecule is CCC1CC(n2c(C)nc3ccccc32)CC1=NCC1CC1(CN(C)C(=O)C1CCCC1)c1cccc(Cl)c1. The van der Waals surface area contributed by atoms with Crippen LogP contribution in [0.1, 0.15) is 75.7 Å². The third-order valence-corrected chi connectivity index (χ3v) is 10.1. The van der Waals surface area contributed by atoms with Crippen LogP contribution in [0.25, 0.3) is 11.0 Å². The Morgan fingerprint density at radius 3 is 2.74 bits per heavy atom. The zero-order chi connectivity index (χ0) is 27.1. The molecular weight excluding hydrogens is 504 g/mol.